The standard InChI is InChI=1S/C27H28N4O2/c32-26(16-13-20-11-14-22(15-12-20)30-17-5-10-27(30)33)29-24-8-4-9-25-23(24)18-28-31(25)19-21-6-2-1-3-7-21/h1-3,6-7,11-16,18,24H,4-5,8-10,17,19H2,(H,29,32)/b16-13+. The van der Waals surface area contributed by atoms with Gasteiger partial charge in [-0.15, -0.1) is 0 Å². The summed E-state index contributed by atoms with van der Waals surface area (Å²) in [4.78, 5) is 26.3. The molecule has 1 N–H and O–H groups in total. The lowest BCUT2D eigenvalue weighted by atomic mass is 9.93. The Morgan fingerprint density at radius 1 is 1.06 bits per heavy atom. The molecule has 1 saturated heterocycles. The molecular weight excluding hydrogens is 412 g/mol. The van der Waals surface area contributed by atoms with Gasteiger partial charge in [-0.2, -0.15) is 5.10 Å². The molecule has 6 nitrogen and oxygen atoms in total. The second-order valence-electron chi connectivity index (χ2n) is 8.72. The molecule has 2 heterocycles. The van der Waals surface area contributed by atoms with E-state index in [9.17, 15) is 9.59 Å². The van der Waals surface area contributed by atoms with Gasteiger partial charge in [-0.3, -0.25) is 14.3 Å². The van der Waals surface area contributed by atoms with Crippen LogP contribution in [-0.4, -0.2) is 28.1 Å². The number of anilines is 1. The number of amides is 2. The van der Waals surface area contributed by atoms with Crippen molar-refractivity contribution < 1.29 is 9.59 Å². The highest BCUT2D eigenvalue weighted by Gasteiger charge is 2.25. The molecule has 0 bridgehead atoms. The quantitative estimate of drug-likeness (QED) is 0.582. The highest BCUT2D eigenvalue weighted by molar-refractivity contribution is 5.95. The zero-order chi connectivity index (χ0) is 22.6. The van der Waals surface area contributed by atoms with Crippen molar-refractivity contribution in [3.63, 3.8) is 0 Å². The van der Waals surface area contributed by atoms with Crippen LogP contribution in [0.2, 0.25) is 0 Å². The van der Waals surface area contributed by atoms with Crippen LogP contribution >= 0.6 is 0 Å². The Balaban J connectivity index is 1.22. The lowest BCUT2D eigenvalue weighted by Gasteiger charge is -2.23. The minimum absolute atomic E-state index is 0.0148. The summed E-state index contributed by atoms with van der Waals surface area (Å²) in [6.07, 6.45) is 9.76. The first-order valence-electron chi connectivity index (χ1n) is 11.6. The first-order chi connectivity index (χ1) is 16.2. The molecule has 3 aromatic rings. The van der Waals surface area contributed by atoms with Crippen LogP contribution < -0.4 is 10.2 Å². The second kappa shape index (κ2) is 9.45. The van der Waals surface area contributed by atoms with Crippen molar-refractivity contribution in [3.8, 4) is 0 Å². The Labute approximate surface area is 193 Å². The lowest BCUT2D eigenvalue weighted by molar-refractivity contribution is -0.118. The summed E-state index contributed by atoms with van der Waals surface area (Å²) in [7, 11) is 0. The molecule has 2 amide bonds. The maximum Gasteiger partial charge on any atom is 0.244 e. The van der Waals surface area contributed by atoms with Crippen LogP contribution in [-0.2, 0) is 22.6 Å². The number of rotatable bonds is 6. The van der Waals surface area contributed by atoms with Crippen LogP contribution in [0.1, 0.15) is 54.1 Å². The molecule has 33 heavy (non-hydrogen) atoms. The van der Waals surface area contributed by atoms with Crippen LogP contribution in [0.4, 0.5) is 5.69 Å². The van der Waals surface area contributed by atoms with E-state index in [1.165, 1.54) is 11.3 Å². The van der Waals surface area contributed by atoms with Gasteiger partial charge in [0.15, 0.2) is 0 Å². The number of nitrogens with one attached hydrogen (secondary N) is 1. The largest absolute Gasteiger partial charge is 0.346 e. The van der Waals surface area contributed by atoms with Gasteiger partial charge in [0.2, 0.25) is 11.8 Å². The van der Waals surface area contributed by atoms with Crippen molar-refractivity contribution in [1.29, 1.82) is 0 Å². The second-order valence-corrected chi connectivity index (χ2v) is 8.72. The monoisotopic (exact) mass is 440 g/mol. The van der Waals surface area contributed by atoms with Crippen molar-refractivity contribution in [2.24, 2.45) is 0 Å². The molecule has 2 aromatic carbocycles. The molecule has 0 radical (unpaired) electrons. The van der Waals surface area contributed by atoms with Gasteiger partial charge < -0.3 is 10.2 Å². The zero-order valence-corrected chi connectivity index (χ0v) is 18.6. The van der Waals surface area contributed by atoms with Gasteiger partial charge in [-0.05, 0) is 55.0 Å². The molecule has 2 aliphatic rings. The minimum Gasteiger partial charge on any atom is -0.346 e. The molecular formula is C27H28N4O2. The molecule has 1 unspecified atom stereocenters. The van der Waals surface area contributed by atoms with Gasteiger partial charge in [0, 0.05) is 36.0 Å². The Bertz CT molecular complexity index is 1160. The Hall–Kier alpha value is -3.67. The van der Waals surface area contributed by atoms with Crippen molar-refractivity contribution in [2.45, 2.75) is 44.7 Å². The van der Waals surface area contributed by atoms with Crippen LogP contribution in [0.3, 0.4) is 0 Å². The van der Waals surface area contributed by atoms with Gasteiger partial charge >= 0.3 is 0 Å². The van der Waals surface area contributed by atoms with E-state index in [0.717, 1.165) is 55.6 Å². The van der Waals surface area contributed by atoms with Crippen LogP contribution in [0.25, 0.3) is 6.08 Å². The fourth-order valence-electron chi connectivity index (χ4n) is 4.74. The summed E-state index contributed by atoms with van der Waals surface area (Å²) >= 11 is 0. The SMILES string of the molecule is O=C(/C=C/c1ccc(N2CCCC2=O)cc1)NC1CCCc2c1cnn2Cc1ccccc1. The van der Waals surface area contributed by atoms with E-state index >= 15 is 0 Å². The van der Waals surface area contributed by atoms with E-state index < -0.39 is 0 Å². The van der Waals surface area contributed by atoms with Crippen molar-refractivity contribution in [1.82, 2.24) is 15.1 Å². The summed E-state index contributed by atoms with van der Waals surface area (Å²) in [6.45, 7) is 1.53. The molecule has 1 atom stereocenters. The topological polar surface area (TPSA) is 67.2 Å². The summed E-state index contributed by atoms with van der Waals surface area (Å²) in [6, 6.07) is 18.1. The van der Waals surface area contributed by atoms with Crippen molar-refractivity contribution >= 4 is 23.6 Å². The van der Waals surface area contributed by atoms with Gasteiger partial charge in [0.05, 0.1) is 18.8 Å². The van der Waals surface area contributed by atoms with E-state index in [4.69, 9.17) is 0 Å². The van der Waals surface area contributed by atoms with Crippen LogP contribution in [0.15, 0.2) is 66.9 Å². The van der Waals surface area contributed by atoms with E-state index in [1.54, 1.807) is 6.08 Å². The smallest absolute Gasteiger partial charge is 0.244 e. The molecule has 6 heteroatoms. The third-order valence-electron chi connectivity index (χ3n) is 6.46. The average molecular weight is 441 g/mol. The number of carbonyl (C=O) groups is 2. The predicted octanol–water partition coefficient (Wildman–Crippen LogP) is 4.27. The fraction of sp³-hybridized carbons (Fsp3) is 0.296. The van der Waals surface area contributed by atoms with Gasteiger partial charge in [-0.1, -0.05) is 42.5 Å². The van der Waals surface area contributed by atoms with Gasteiger partial charge in [0.1, 0.15) is 0 Å². The molecule has 1 aliphatic heterocycles. The van der Waals surface area contributed by atoms with Gasteiger partial charge in [-0.25, -0.2) is 0 Å². The number of nitrogens with zero attached hydrogens (tertiary/aromatic N) is 3. The van der Waals surface area contributed by atoms with E-state index in [-0.39, 0.29) is 17.9 Å². The minimum atomic E-state index is -0.109. The summed E-state index contributed by atoms with van der Waals surface area (Å²) in [5.74, 6) is 0.0686. The van der Waals surface area contributed by atoms with Crippen molar-refractivity contribution in [2.75, 3.05) is 11.4 Å². The molecule has 168 valence electrons. The highest BCUT2D eigenvalue weighted by atomic mass is 16.2. The zero-order valence-electron chi connectivity index (χ0n) is 18.6. The number of hydrogen-bond donors (Lipinski definition) is 1. The normalized spacial score (nSPS) is 18.0. The van der Waals surface area contributed by atoms with Crippen LogP contribution in [0.5, 0.6) is 0 Å². The lowest BCUT2D eigenvalue weighted by Crippen LogP contribution is -2.29. The highest BCUT2D eigenvalue weighted by Crippen LogP contribution is 2.30. The third-order valence-corrected chi connectivity index (χ3v) is 6.46. The first kappa shape index (κ1) is 21.2. The fourth-order valence-corrected chi connectivity index (χ4v) is 4.74. The molecule has 0 saturated carbocycles. The average Bonchev–Trinajstić information content (AvgIpc) is 3.46. The van der Waals surface area contributed by atoms with Gasteiger partial charge in [0.25, 0.3) is 0 Å². The van der Waals surface area contributed by atoms with E-state index in [0.29, 0.717) is 6.42 Å². The Morgan fingerprint density at radius 3 is 2.64 bits per heavy atom. The van der Waals surface area contributed by atoms with E-state index in [2.05, 4.69) is 27.2 Å². The van der Waals surface area contributed by atoms with Crippen molar-refractivity contribution in [3.05, 3.63) is 89.3 Å². The number of carbonyl (C=O) groups excluding carboxylic acids is 2. The number of aromatic nitrogens is 2. The summed E-state index contributed by atoms with van der Waals surface area (Å²) < 4.78 is 2.06. The van der Waals surface area contributed by atoms with Crippen LogP contribution in [0, 0.1) is 0 Å². The molecule has 1 aromatic heterocycles. The molecule has 5 rings (SSSR count). The first-order valence-corrected chi connectivity index (χ1v) is 11.6. The summed E-state index contributed by atoms with van der Waals surface area (Å²) in [5.41, 5.74) is 5.41. The third kappa shape index (κ3) is 4.75. The number of benzene rings is 2. The summed E-state index contributed by atoms with van der Waals surface area (Å²) in [5, 5.41) is 7.76. The maximum absolute atomic E-state index is 12.6. The number of hydrogen-bond acceptors (Lipinski definition) is 3. The molecule has 1 fully saturated rings. The van der Waals surface area contributed by atoms with E-state index in [1.807, 2.05) is 59.6 Å². The number of fused-ring (bicyclic) bond motifs is 1. The Kier molecular flexibility index (Phi) is 6.07. The molecule has 0 spiro atoms. The Morgan fingerprint density at radius 2 is 1.88 bits per heavy atom. The predicted molar refractivity (Wildman–Crippen MR) is 129 cm³/mol. The maximum atomic E-state index is 12.6. The molecule has 1 aliphatic carbocycles.